The summed E-state index contributed by atoms with van der Waals surface area (Å²) in [5.41, 5.74) is 1.16. The number of rotatable bonds is 4. The number of hydrogen-bond acceptors (Lipinski definition) is 6. The van der Waals surface area contributed by atoms with Crippen molar-refractivity contribution >= 4 is 17.4 Å². The lowest BCUT2D eigenvalue weighted by atomic mass is 10.2. The summed E-state index contributed by atoms with van der Waals surface area (Å²) in [6.45, 7) is 0. The number of aromatic nitrogens is 7. The number of nitrogens with zero attached hydrogens (tertiary/aromatic N) is 7. The number of halogens is 2. The number of benzene rings is 2. The molecule has 0 radical (unpaired) electrons. The molecule has 3 heterocycles. The average Bonchev–Trinajstić information content (AvgIpc) is 3.33. The first-order valence-electron chi connectivity index (χ1n) is 8.91. The van der Waals surface area contributed by atoms with Crippen molar-refractivity contribution in [3.8, 4) is 22.8 Å². The third-order valence-electron chi connectivity index (χ3n) is 4.50. The van der Waals surface area contributed by atoms with Gasteiger partial charge in [-0.05, 0) is 48.2 Å². The third kappa shape index (κ3) is 3.11. The molecule has 0 saturated carbocycles. The monoisotopic (exact) mass is 421 g/mol. The molecular formula is C20H13F2N7S. The van der Waals surface area contributed by atoms with E-state index in [4.69, 9.17) is 0 Å². The zero-order chi connectivity index (χ0) is 20.7. The summed E-state index contributed by atoms with van der Waals surface area (Å²) in [6, 6.07) is 16.2. The van der Waals surface area contributed by atoms with Gasteiger partial charge in [0.1, 0.15) is 16.7 Å². The van der Waals surface area contributed by atoms with Crippen molar-refractivity contribution in [2.75, 3.05) is 0 Å². The topological polar surface area (TPSA) is 73.8 Å². The smallest absolute Gasteiger partial charge is 0.197 e. The first-order chi connectivity index (χ1) is 14.6. The van der Waals surface area contributed by atoms with E-state index >= 15 is 0 Å². The van der Waals surface area contributed by atoms with Gasteiger partial charge in [-0.2, -0.15) is 9.61 Å². The van der Waals surface area contributed by atoms with E-state index in [0.717, 1.165) is 0 Å². The summed E-state index contributed by atoms with van der Waals surface area (Å²) in [7, 11) is 1.76. The molecule has 0 saturated heterocycles. The lowest BCUT2D eigenvalue weighted by Gasteiger charge is -2.05. The highest BCUT2D eigenvalue weighted by molar-refractivity contribution is 7.99. The minimum absolute atomic E-state index is 0.301. The van der Waals surface area contributed by atoms with E-state index in [2.05, 4.69) is 25.5 Å². The zero-order valence-electron chi connectivity index (χ0n) is 15.6. The zero-order valence-corrected chi connectivity index (χ0v) is 16.4. The average molecular weight is 421 g/mol. The van der Waals surface area contributed by atoms with Crippen LogP contribution in [0.25, 0.3) is 28.4 Å². The molecule has 0 aliphatic heterocycles. The Balaban J connectivity index is 1.52. The Bertz CT molecular complexity index is 1380. The quantitative estimate of drug-likeness (QED) is 0.437. The van der Waals surface area contributed by atoms with Gasteiger partial charge in [-0.25, -0.2) is 8.78 Å². The molecule has 3 aromatic heterocycles. The van der Waals surface area contributed by atoms with Gasteiger partial charge in [-0.1, -0.05) is 24.3 Å². The van der Waals surface area contributed by atoms with Crippen LogP contribution < -0.4 is 0 Å². The van der Waals surface area contributed by atoms with E-state index in [1.165, 1.54) is 28.4 Å². The molecule has 0 spiro atoms. The van der Waals surface area contributed by atoms with Crippen LogP contribution >= 0.6 is 11.8 Å². The van der Waals surface area contributed by atoms with Crippen molar-refractivity contribution in [1.29, 1.82) is 0 Å². The summed E-state index contributed by atoms with van der Waals surface area (Å²) >= 11 is 1.25. The van der Waals surface area contributed by atoms with Gasteiger partial charge in [0.05, 0.1) is 11.1 Å². The van der Waals surface area contributed by atoms with E-state index in [-0.39, 0.29) is 5.82 Å². The summed E-state index contributed by atoms with van der Waals surface area (Å²) in [4.78, 5) is 0. The molecule has 5 aromatic rings. The van der Waals surface area contributed by atoms with E-state index in [1.54, 1.807) is 60.1 Å². The van der Waals surface area contributed by atoms with Crippen molar-refractivity contribution < 1.29 is 8.78 Å². The van der Waals surface area contributed by atoms with Gasteiger partial charge in [0.25, 0.3) is 0 Å². The maximum Gasteiger partial charge on any atom is 0.197 e. The van der Waals surface area contributed by atoms with Crippen LogP contribution in [-0.4, -0.2) is 34.6 Å². The molecule has 0 fully saturated rings. The molecule has 148 valence electrons. The molecule has 10 heteroatoms. The van der Waals surface area contributed by atoms with E-state index < -0.39 is 5.82 Å². The second kappa shape index (κ2) is 7.30. The van der Waals surface area contributed by atoms with Gasteiger partial charge >= 0.3 is 0 Å². The highest BCUT2D eigenvalue weighted by Gasteiger charge is 2.17. The summed E-state index contributed by atoms with van der Waals surface area (Å²) in [5, 5.41) is 22.0. The second-order valence-electron chi connectivity index (χ2n) is 6.39. The van der Waals surface area contributed by atoms with Crippen LogP contribution in [0.1, 0.15) is 0 Å². The van der Waals surface area contributed by atoms with Gasteiger partial charge < -0.3 is 4.57 Å². The molecular weight excluding hydrogens is 408 g/mol. The minimum Gasteiger partial charge on any atom is -0.305 e. The van der Waals surface area contributed by atoms with E-state index in [0.29, 0.717) is 38.6 Å². The predicted molar refractivity (Wildman–Crippen MR) is 107 cm³/mol. The normalized spacial score (nSPS) is 11.3. The maximum atomic E-state index is 14.2. The highest BCUT2D eigenvalue weighted by atomic mass is 32.2. The maximum absolute atomic E-state index is 14.2. The van der Waals surface area contributed by atoms with Crippen LogP contribution in [0.5, 0.6) is 0 Å². The Labute approximate surface area is 173 Å². The molecule has 30 heavy (non-hydrogen) atoms. The molecule has 0 aliphatic carbocycles. The number of hydrogen-bond donors (Lipinski definition) is 0. The Morgan fingerprint density at radius 1 is 0.733 bits per heavy atom. The SMILES string of the molecule is Cn1c(Sc2ccc3nnc(-c4ccccc4F)n3n2)nnc1-c1ccccc1F. The Kier molecular flexibility index (Phi) is 4.47. The Morgan fingerprint density at radius 3 is 2.07 bits per heavy atom. The van der Waals surface area contributed by atoms with Gasteiger partial charge in [0, 0.05) is 7.05 Å². The van der Waals surface area contributed by atoms with E-state index in [1.807, 2.05) is 0 Å². The lowest BCUT2D eigenvalue weighted by Crippen LogP contribution is -1.99. The Morgan fingerprint density at radius 2 is 1.37 bits per heavy atom. The summed E-state index contributed by atoms with van der Waals surface area (Å²) < 4.78 is 31.5. The van der Waals surface area contributed by atoms with Crippen molar-refractivity contribution in [1.82, 2.24) is 34.6 Å². The van der Waals surface area contributed by atoms with Crippen LogP contribution in [0.3, 0.4) is 0 Å². The van der Waals surface area contributed by atoms with Gasteiger partial charge in [-0.3, -0.25) is 0 Å². The fourth-order valence-electron chi connectivity index (χ4n) is 3.01. The van der Waals surface area contributed by atoms with Crippen LogP contribution in [0, 0.1) is 11.6 Å². The molecule has 0 unspecified atom stereocenters. The molecule has 2 aromatic carbocycles. The van der Waals surface area contributed by atoms with Crippen LogP contribution in [0.4, 0.5) is 8.78 Å². The van der Waals surface area contributed by atoms with Crippen molar-refractivity contribution in [3.05, 3.63) is 72.3 Å². The summed E-state index contributed by atoms with van der Waals surface area (Å²) in [6.07, 6.45) is 0. The van der Waals surface area contributed by atoms with Crippen LogP contribution in [0.15, 0.2) is 70.8 Å². The molecule has 5 rings (SSSR count). The standard InChI is InChI=1S/C20H13F2N7S/c1-28-18(12-6-2-4-8-14(12)21)24-26-20(28)30-17-11-10-16-23-25-19(29(16)27-17)13-7-3-5-9-15(13)22/h2-11H,1H3. The summed E-state index contributed by atoms with van der Waals surface area (Å²) in [5.74, 6) is -0.0683. The predicted octanol–water partition coefficient (Wildman–Crippen LogP) is 4.02. The molecule has 0 bridgehead atoms. The first-order valence-corrected chi connectivity index (χ1v) is 9.73. The minimum atomic E-state index is -0.408. The molecule has 0 aliphatic rings. The fourth-order valence-corrected chi connectivity index (χ4v) is 3.76. The van der Waals surface area contributed by atoms with Crippen molar-refractivity contribution in [3.63, 3.8) is 0 Å². The largest absolute Gasteiger partial charge is 0.305 e. The molecule has 7 nitrogen and oxygen atoms in total. The lowest BCUT2D eigenvalue weighted by molar-refractivity contribution is 0.628. The molecule has 0 N–H and O–H groups in total. The van der Waals surface area contributed by atoms with Gasteiger partial charge in [0.2, 0.25) is 0 Å². The third-order valence-corrected chi connectivity index (χ3v) is 5.46. The first kappa shape index (κ1) is 18.4. The second-order valence-corrected chi connectivity index (χ2v) is 7.38. The molecule has 0 atom stereocenters. The fraction of sp³-hybridized carbons (Fsp3) is 0.0500. The van der Waals surface area contributed by atoms with Crippen LogP contribution in [-0.2, 0) is 7.05 Å². The highest BCUT2D eigenvalue weighted by Crippen LogP contribution is 2.29. The molecule has 0 amide bonds. The van der Waals surface area contributed by atoms with Crippen LogP contribution in [0.2, 0.25) is 0 Å². The number of fused-ring (bicyclic) bond motifs is 1. The van der Waals surface area contributed by atoms with Gasteiger partial charge in [-0.15, -0.1) is 20.4 Å². The van der Waals surface area contributed by atoms with Crippen molar-refractivity contribution in [2.45, 2.75) is 10.2 Å². The van der Waals surface area contributed by atoms with Gasteiger partial charge in [0.15, 0.2) is 22.5 Å². The van der Waals surface area contributed by atoms with Crippen molar-refractivity contribution in [2.24, 2.45) is 7.05 Å². The Hall–Kier alpha value is -3.66. The van der Waals surface area contributed by atoms with E-state index in [9.17, 15) is 8.78 Å².